The molecule has 1 aliphatic heterocycles. The number of allylic oxidation sites excluding steroid dienone is 3. The van der Waals surface area contributed by atoms with Crippen molar-refractivity contribution in [3.63, 3.8) is 0 Å². The van der Waals surface area contributed by atoms with Gasteiger partial charge in [0, 0.05) is 18.5 Å². The van der Waals surface area contributed by atoms with Gasteiger partial charge in [0.05, 0.1) is 31.2 Å². The van der Waals surface area contributed by atoms with E-state index in [2.05, 4.69) is 0 Å². The van der Waals surface area contributed by atoms with E-state index in [-0.39, 0.29) is 29.5 Å². The number of rotatable bonds is 4. The molecule has 5 nitrogen and oxygen atoms in total. The molecule has 1 amide bonds. The van der Waals surface area contributed by atoms with E-state index >= 15 is 0 Å². The first kappa shape index (κ1) is 18.8. The van der Waals surface area contributed by atoms with Crippen molar-refractivity contribution in [3.8, 4) is 0 Å². The lowest BCUT2D eigenvalue weighted by Gasteiger charge is -2.30. The molecule has 2 heterocycles. The van der Waals surface area contributed by atoms with Crippen molar-refractivity contribution < 1.29 is 22.7 Å². The molecule has 1 fully saturated rings. The molecule has 0 bridgehead atoms. The zero-order chi connectivity index (χ0) is 19.7. The molecule has 0 radical (unpaired) electrons. The van der Waals surface area contributed by atoms with Crippen LogP contribution < -0.4 is 5.73 Å². The highest BCUT2D eigenvalue weighted by molar-refractivity contribution is 5.89. The van der Waals surface area contributed by atoms with Gasteiger partial charge in [0.2, 0.25) is 5.91 Å². The molecular formula is C21H22F2N2O3. The number of ether oxygens (including phenoxy) is 1. The number of nitrogens with two attached hydrogens (primary N) is 1. The molecule has 148 valence electrons. The van der Waals surface area contributed by atoms with Crippen LogP contribution in [-0.4, -0.2) is 37.1 Å². The summed E-state index contributed by atoms with van der Waals surface area (Å²) in [5, 5.41) is 0.606. The third-order valence-electron chi connectivity index (χ3n) is 5.21. The van der Waals surface area contributed by atoms with Gasteiger partial charge in [-0.15, -0.1) is 0 Å². The quantitative estimate of drug-likeness (QED) is 0.868. The molecule has 2 aliphatic rings. The summed E-state index contributed by atoms with van der Waals surface area (Å²) in [6.45, 7) is 2.50. The first-order valence-electron chi connectivity index (χ1n) is 9.36. The van der Waals surface area contributed by atoms with Gasteiger partial charge in [0.1, 0.15) is 11.3 Å². The molecule has 7 heteroatoms. The predicted molar refractivity (Wildman–Crippen MR) is 102 cm³/mol. The number of fused-ring (bicyclic) bond motifs is 1. The maximum Gasteiger partial charge on any atom is 0.267 e. The summed E-state index contributed by atoms with van der Waals surface area (Å²) in [5.74, 6) is 0.331. The van der Waals surface area contributed by atoms with Gasteiger partial charge < -0.3 is 19.8 Å². The van der Waals surface area contributed by atoms with Gasteiger partial charge in [0.15, 0.2) is 0 Å². The number of nitrogens with zero attached hydrogens (tertiary/aromatic N) is 1. The third kappa shape index (κ3) is 3.59. The Kier molecular flexibility index (Phi) is 5.28. The molecule has 4 rings (SSSR count). The number of hydrogen-bond acceptors (Lipinski definition) is 4. The monoisotopic (exact) mass is 388 g/mol. The van der Waals surface area contributed by atoms with Crippen LogP contribution in [0.4, 0.5) is 8.78 Å². The van der Waals surface area contributed by atoms with Gasteiger partial charge in [-0.3, -0.25) is 4.79 Å². The van der Waals surface area contributed by atoms with Crippen LogP contribution >= 0.6 is 0 Å². The lowest BCUT2D eigenvalue weighted by atomic mass is 9.91. The van der Waals surface area contributed by atoms with Crippen LogP contribution in [0.2, 0.25) is 0 Å². The van der Waals surface area contributed by atoms with E-state index in [0.29, 0.717) is 49.4 Å². The standard InChI is InChI=1S/C21H22F2N2O3/c22-20(23)18-11-15(9-16-10-17(12-24)28-19(16)18)13-1-3-14(4-2-13)21(26)25-5-7-27-8-6-25/h1-3,9-11,14,20H,4-8,12,24H2. The number of furan rings is 1. The van der Waals surface area contributed by atoms with Gasteiger partial charge in [0.25, 0.3) is 6.43 Å². The molecule has 1 unspecified atom stereocenters. The Balaban J connectivity index is 1.58. The molecule has 1 saturated heterocycles. The van der Waals surface area contributed by atoms with Crippen molar-refractivity contribution in [2.45, 2.75) is 19.4 Å². The normalized spacial score (nSPS) is 20.1. The summed E-state index contributed by atoms with van der Waals surface area (Å²) in [4.78, 5) is 14.4. The fourth-order valence-corrected chi connectivity index (χ4v) is 3.70. The second kappa shape index (κ2) is 7.85. The van der Waals surface area contributed by atoms with E-state index in [4.69, 9.17) is 14.9 Å². The first-order chi connectivity index (χ1) is 13.6. The van der Waals surface area contributed by atoms with Crippen LogP contribution in [0.3, 0.4) is 0 Å². The highest BCUT2D eigenvalue weighted by Gasteiger charge is 2.25. The van der Waals surface area contributed by atoms with Crippen molar-refractivity contribution in [2.24, 2.45) is 11.7 Å². The topological polar surface area (TPSA) is 68.7 Å². The Morgan fingerprint density at radius 3 is 2.68 bits per heavy atom. The van der Waals surface area contributed by atoms with Crippen molar-refractivity contribution in [2.75, 3.05) is 26.3 Å². The molecule has 0 spiro atoms. The van der Waals surface area contributed by atoms with Crippen LogP contribution in [0.1, 0.15) is 29.7 Å². The number of benzene rings is 1. The first-order valence-corrected chi connectivity index (χ1v) is 9.36. The van der Waals surface area contributed by atoms with E-state index in [1.165, 1.54) is 6.07 Å². The molecule has 1 aromatic carbocycles. The Bertz CT molecular complexity index is 943. The lowest BCUT2D eigenvalue weighted by molar-refractivity contribution is -0.138. The minimum atomic E-state index is -2.65. The average Bonchev–Trinajstić information content (AvgIpc) is 3.16. The van der Waals surface area contributed by atoms with Crippen LogP contribution in [0.5, 0.6) is 0 Å². The fraction of sp³-hybridized carbons (Fsp3) is 0.381. The molecule has 1 aliphatic carbocycles. The van der Waals surface area contributed by atoms with Crippen molar-refractivity contribution in [1.82, 2.24) is 4.90 Å². The molecule has 2 aromatic rings. The Morgan fingerprint density at radius 2 is 2.04 bits per heavy atom. The van der Waals surface area contributed by atoms with Crippen LogP contribution in [-0.2, 0) is 16.1 Å². The van der Waals surface area contributed by atoms with Gasteiger partial charge in [-0.1, -0.05) is 18.2 Å². The van der Waals surface area contributed by atoms with Gasteiger partial charge in [-0.2, -0.15) is 0 Å². The van der Waals surface area contributed by atoms with E-state index in [1.807, 2.05) is 29.2 Å². The minimum Gasteiger partial charge on any atom is -0.459 e. The third-order valence-corrected chi connectivity index (χ3v) is 5.21. The number of morpholine rings is 1. The number of halogens is 2. The van der Waals surface area contributed by atoms with Gasteiger partial charge >= 0.3 is 0 Å². The van der Waals surface area contributed by atoms with E-state index in [0.717, 1.165) is 5.57 Å². The zero-order valence-corrected chi connectivity index (χ0v) is 15.4. The largest absolute Gasteiger partial charge is 0.459 e. The van der Waals surface area contributed by atoms with Gasteiger partial charge in [-0.25, -0.2) is 8.78 Å². The van der Waals surface area contributed by atoms with Crippen molar-refractivity contribution in [3.05, 3.63) is 53.3 Å². The van der Waals surface area contributed by atoms with Crippen LogP contribution in [0.15, 0.2) is 40.8 Å². The molecule has 0 saturated carbocycles. The Morgan fingerprint density at radius 1 is 1.25 bits per heavy atom. The van der Waals surface area contributed by atoms with Gasteiger partial charge in [-0.05, 0) is 35.8 Å². The zero-order valence-electron chi connectivity index (χ0n) is 15.4. The van der Waals surface area contributed by atoms with Crippen LogP contribution in [0.25, 0.3) is 16.5 Å². The fourth-order valence-electron chi connectivity index (χ4n) is 3.70. The second-order valence-electron chi connectivity index (χ2n) is 7.00. The summed E-state index contributed by atoms with van der Waals surface area (Å²) in [5.41, 5.74) is 7.12. The summed E-state index contributed by atoms with van der Waals surface area (Å²) < 4.78 is 37.8. The number of carbonyl (C=O) groups excluding carboxylic acids is 1. The molecule has 1 aromatic heterocycles. The highest BCUT2D eigenvalue weighted by atomic mass is 19.3. The summed E-state index contributed by atoms with van der Waals surface area (Å²) in [6.07, 6.45) is 3.53. The number of carbonyl (C=O) groups is 1. The van der Waals surface area contributed by atoms with Crippen molar-refractivity contribution in [1.29, 1.82) is 0 Å². The van der Waals surface area contributed by atoms with Crippen LogP contribution in [0, 0.1) is 5.92 Å². The van der Waals surface area contributed by atoms with E-state index in [9.17, 15) is 13.6 Å². The smallest absolute Gasteiger partial charge is 0.267 e. The molecule has 28 heavy (non-hydrogen) atoms. The molecular weight excluding hydrogens is 366 g/mol. The predicted octanol–water partition coefficient (Wildman–Crippen LogP) is 3.65. The van der Waals surface area contributed by atoms with E-state index < -0.39 is 6.43 Å². The SMILES string of the molecule is NCc1cc2cc(C3=CCC(C(=O)N4CCOCC4)C=C3)cc(C(F)F)c2o1. The number of amides is 1. The number of hydrogen-bond donors (Lipinski definition) is 1. The summed E-state index contributed by atoms with van der Waals surface area (Å²) in [7, 11) is 0. The lowest BCUT2D eigenvalue weighted by Crippen LogP contribution is -2.43. The Hall–Kier alpha value is -2.51. The molecule has 2 N–H and O–H groups in total. The average molecular weight is 388 g/mol. The summed E-state index contributed by atoms with van der Waals surface area (Å²) in [6, 6.07) is 4.98. The maximum absolute atomic E-state index is 13.5. The van der Waals surface area contributed by atoms with E-state index in [1.54, 1.807) is 6.07 Å². The van der Waals surface area contributed by atoms with Crippen molar-refractivity contribution >= 4 is 22.4 Å². The second-order valence-corrected chi connectivity index (χ2v) is 7.00. The molecule has 1 atom stereocenters. The summed E-state index contributed by atoms with van der Waals surface area (Å²) >= 11 is 0. The maximum atomic E-state index is 13.5. The highest BCUT2D eigenvalue weighted by Crippen LogP contribution is 2.35. The minimum absolute atomic E-state index is 0.0843. The number of alkyl halides is 2. The Labute approximate surface area is 161 Å².